The van der Waals surface area contributed by atoms with Crippen LogP contribution in [0.4, 0.5) is 5.69 Å². The minimum absolute atomic E-state index is 0.125. The van der Waals surface area contributed by atoms with E-state index in [2.05, 4.69) is 5.32 Å². The first kappa shape index (κ1) is 12.2. The van der Waals surface area contributed by atoms with Crippen molar-refractivity contribution in [3.63, 3.8) is 0 Å². The maximum atomic E-state index is 11.2. The summed E-state index contributed by atoms with van der Waals surface area (Å²) in [6.07, 6.45) is 0.370. The number of carbonyl (C=O) groups is 2. The van der Waals surface area contributed by atoms with E-state index >= 15 is 0 Å². The van der Waals surface area contributed by atoms with E-state index in [0.29, 0.717) is 12.1 Å². The van der Waals surface area contributed by atoms with Gasteiger partial charge in [0.2, 0.25) is 5.91 Å². The van der Waals surface area contributed by atoms with Gasteiger partial charge in [-0.05, 0) is 37.1 Å². The first-order valence-electron chi connectivity index (χ1n) is 5.10. The van der Waals surface area contributed by atoms with E-state index in [0.717, 1.165) is 11.1 Å². The number of carbonyl (C=O) groups excluding carboxylic acids is 1. The highest BCUT2D eigenvalue weighted by Crippen LogP contribution is 2.20. The second kappa shape index (κ2) is 4.79. The molecular formula is C12H15NO3. The van der Waals surface area contributed by atoms with Gasteiger partial charge in [0, 0.05) is 12.1 Å². The summed E-state index contributed by atoms with van der Waals surface area (Å²) in [5.74, 6) is -1.10. The number of hydrogen-bond acceptors (Lipinski definition) is 2. The van der Waals surface area contributed by atoms with Crippen LogP contribution in [0.25, 0.3) is 0 Å². The summed E-state index contributed by atoms with van der Waals surface area (Å²) >= 11 is 0. The van der Waals surface area contributed by atoms with Crippen molar-refractivity contribution in [3.8, 4) is 0 Å². The minimum atomic E-state index is -0.979. The van der Waals surface area contributed by atoms with E-state index in [1.807, 2.05) is 6.92 Å². The zero-order valence-electron chi connectivity index (χ0n) is 9.63. The summed E-state index contributed by atoms with van der Waals surface area (Å²) in [4.78, 5) is 22.2. The second-order valence-electron chi connectivity index (χ2n) is 3.67. The molecule has 0 aromatic heterocycles. The molecule has 0 unspecified atom stereocenters. The normalized spacial score (nSPS) is 9.94. The van der Waals surface area contributed by atoms with E-state index in [1.165, 1.54) is 6.07 Å². The number of nitrogens with one attached hydrogen (secondary N) is 1. The van der Waals surface area contributed by atoms with Crippen LogP contribution in [-0.4, -0.2) is 17.0 Å². The zero-order valence-corrected chi connectivity index (χ0v) is 9.63. The average Bonchev–Trinajstić information content (AvgIpc) is 2.22. The maximum Gasteiger partial charge on any atom is 0.336 e. The van der Waals surface area contributed by atoms with Crippen LogP contribution in [0.3, 0.4) is 0 Å². The van der Waals surface area contributed by atoms with Gasteiger partial charge >= 0.3 is 5.97 Å². The Labute approximate surface area is 94.3 Å². The lowest BCUT2D eigenvalue weighted by atomic mass is 10.0. The van der Waals surface area contributed by atoms with Gasteiger partial charge < -0.3 is 10.4 Å². The number of aromatic carboxylic acids is 1. The molecule has 1 aromatic rings. The van der Waals surface area contributed by atoms with Crippen LogP contribution < -0.4 is 5.32 Å². The van der Waals surface area contributed by atoms with Gasteiger partial charge in [-0.25, -0.2) is 4.79 Å². The van der Waals surface area contributed by atoms with Crippen molar-refractivity contribution in [1.82, 2.24) is 0 Å². The molecule has 0 aliphatic rings. The molecule has 0 bridgehead atoms. The summed E-state index contributed by atoms with van der Waals surface area (Å²) in [5, 5.41) is 11.6. The lowest BCUT2D eigenvalue weighted by Crippen LogP contribution is -2.11. The summed E-state index contributed by atoms with van der Waals surface area (Å²) in [5.41, 5.74) is 2.34. The fourth-order valence-corrected chi connectivity index (χ4v) is 1.40. The first-order valence-corrected chi connectivity index (χ1v) is 5.10. The quantitative estimate of drug-likeness (QED) is 0.823. The van der Waals surface area contributed by atoms with Crippen LogP contribution in [0, 0.1) is 13.8 Å². The molecule has 4 nitrogen and oxygen atoms in total. The molecule has 1 rings (SSSR count). The molecule has 1 amide bonds. The molecule has 0 heterocycles. The maximum absolute atomic E-state index is 11.2. The van der Waals surface area contributed by atoms with Crippen molar-refractivity contribution >= 4 is 17.6 Å². The molecule has 0 aliphatic carbocycles. The predicted molar refractivity (Wildman–Crippen MR) is 61.8 cm³/mol. The Morgan fingerprint density at radius 2 is 1.94 bits per heavy atom. The Morgan fingerprint density at radius 1 is 1.31 bits per heavy atom. The first-order chi connectivity index (χ1) is 7.45. The molecule has 0 fully saturated rings. The number of rotatable bonds is 3. The van der Waals surface area contributed by atoms with Gasteiger partial charge in [-0.2, -0.15) is 0 Å². The Balaban J connectivity index is 3.14. The topological polar surface area (TPSA) is 66.4 Å². The van der Waals surface area contributed by atoms with Crippen molar-refractivity contribution < 1.29 is 14.7 Å². The molecule has 0 atom stereocenters. The summed E-state index contributed by atoms with van der Waals surface area (Å²) < 4.78 is 0. The van der Waals surface area contributed by atoms with Gasteiger partial charge in [-0.15, -0.1) is 0 Å². The van der Waals surface area contributed by atoms with Crippen molar-refractivity contribution in [2.24, 2.45) is 0 Å². The van der Waals surface area contributed by atoms with Crippen LogP contribution in [0.1, 0.15) is 34.8 Å². The highest BCUT2D eigenvalue weighted by atomic mass is 16.4. The SMILES string of the molecule is CCC(=O)Nc1cc(C)c(C)c(C(=O)O)c1. The monoisotopic (exact) mass is 221 g/mol. The molecule has 0 radical (unpaired) electrons. The average molecular weight is 221 g/mol. The number of anilines is 1. The van der Waals surface area contributed by atoms with Crippen LogP contribution in [0.2, 0.25) is 0 Å². The minimum Gasteiger partial charge on any atom is -0.478 e. The van der Waals surface area contributed by atoms with Gasteiger partial charge in [-0.1, -0.05) is 6.92 Å². The second-order valence-corrected chi connectivity index (χ2v) is 3.67. The van der Waals surface area contributed by atoms with Crippen LogP contribution in [0.5, 0.6) is 0 Å². The number of amides is 1. The predicted octanol–water partition coefficient (Wildman–Crippen LogP) is 2.35. The molecule has 0 spiro atoms. The third-order valence-corrected chi connectivity index (χ3v) is 2.50. The number of carboxylic acids is 1. The van der Waals surface area contributed by atoms with E-state index in [4.69, 9.17) is 5.11 Å². The standard InChI is InChI=1S/C12H15NO3/c1-4-11(14)13-9-5-7(2)8(3)10(6-9)12(15)16/h5-6H,4H2,1-3H3,(H,13,14)(H,15,16). The summed E-state index contributed by atoms with van der Waals surface area (Å²) in [7, 11) is 0. The fraction of sp³-hybridized carbons (Fsp3) is 0.333. The lowest BCUT2D eigenvalue weighted by Gasteiger charge is -2.10. The van der Waals surface area contributed by atoms with Gasteiger partial charge in [0.1, 0.15) is 0 Å². The van der Waals surface area contributed by atoms with Gasteiger partial charge in [0.15, 0.2) is 0 Å². The molecule has 0 aliphatic heterocycles. The number of hydrogen-bond donors (Lipinski definition) is 2. The van der Waals surface area contributed by atoms with Crippen molar-refractivity contribution in [1.29, 1.82) is 0 Å². The smallest absolute Gasteiger partial charge is 0.336 e. The highest BCUT2D eigenvalue weighted by Gasteiger charge is 2.11. The summed E-state index contributed by atoms with van der Waals surface area (Å²) in [6.45, 7) is 5.32. The number of aryl methyl sites for hydroxylation is 1. The summed E-state index contributed by atoms with van der Waals surface area (Å²) in [6, 6.07) is 3.26. The van der Waals surface area contributed by atoms with E-state index < -0.39 is 5.97 Å². The zero-order chi connectivity index (χ0) is 12.3. The van der Waals surface area contributed by atoms with E-state index in [1.54, 1.807) is 19.9 Å². The molecular weight excluding hydrogens is 206 g/mol. The molecule has 4 heteroatoms. The Bertz CT molecular complexity index is 438. The van der Waals surface area contributed by atoms with Crippen LogP contribution in [0.15, 0.2) is 12.1 Å². The number of benzene rings is 1. The number of carboxylic acid groups (broad SMARTS) is 1. The van der Waals surface area contributed by atoms with Crippen molar-refractivity contribution in [2.75, 3.05) is 5.32 Å². The van der Waals surface area contributed by atoms with Crippen LogP contribution >= 0.6 is 0 Å². The molecule has 0 saturated heterocycles. The molecule has 0 saturated carbocycles. The highest BCUT2D eigenvalue weighted by molar-refractivity contribution is 5.95. The molecule has 2 N–H and O–H groups in total. The lowest BCUT2D eigenvalue weighted by molar-refractivity contribution is -0.115. The van der Waals surface area contributed by atoms with Gasteiger partial charge in [-0.3, -0.25) is 4.79 Å². The third-order valence-electron chi connectivity index (χ3n) is 2.50. The fourth-order valence-electron chi connectivity index (χ4n) is 1.40. The Hall–Kier alpha value is -1.84. The Kier molecular flexibility index (Phi) is 3.66. The van der Waals surface area contributed by atoms with E-state index in [9.17, 15) is 9.59 Å². The van der Waals surface area contributed by atoms with Gasteiger partial charge in [0.05, 0.1) is 5.56 Å². The molecule has 16 heavy (non-hydrogen) atoms. The van der Waals surface area contributed by atoms with Gasteiger partial charge in [0.25, 0.3) is 0 Å². The third kappa shape index (κ3) is 2.59. The van der Waals surface area contributed by atoms with Crippen molar-refractivity contribution in [2.45, 2.75) is 27.2 Å². The molecule has 1 aromatic carbocycles. The van der Waals surface area contributed by atoms with E-state index in [-0.39, 0.29) is 11.5 Å². The Morgan fingerprint density at radius 3 is 2.44 bits per heavy atom. The largest absolute Gasteiger partial charge is 0.478 e. The molecule has 86 valence electrons. The van der Waals surface area contributed by atoms with Crippen molar-refractivity contribution in [3.05, 3.63) is 28.8 Å². The van der Waals surface area contributed by atoms with Crippen LogP contribution in [-0.2, 0) is 4.79 Å².